The van der Waals surface area contributed by atoms with Gasteiger partial charge in [0.25, 0.3) is 0 Å². The van der Waals surface area contributed by atoms with Crippen LogP contribution in [0.1, 0.15) is 29.5 Å². The molecule has 1 aromatic carbocycles. The van der Waals surface area contributed by atoms with Gasteiger partial charge in [-0.2, -0.15) is 4.31 Å². The molecule has 0 spiro atoms. The van der Waals surface area contributed by atoms with Crippen molar-refractivity contribution >= 4 is 28.3 Å². The van der Waals surface area contributed by atoms with Crippen LogP contribution >= 0.6 is 12.4 Å². The molecule has 11 heteroatoms. The highest BCUT2D eigenvalue weighted by atomic mass is 35.5. The Balaban J connectivity index is 0.00000432. The van der Waals surface area contributed by atoms with E-state index in [1.165, 1.54) is 18.5 Å². The van der Waals surface area contributed by atoms with Gasteiger partial charge >= 0.3 is 0 Å². The number of ether oxygens (including phenoxy) is 2. The molecule has 1 aromatic heterocycles. The van der Waals surface area contributed by atoms with Gasteiger partial charge in [0.05, 0.1) is 24.2 Å². The number of aryl methyl sites for hydroxylation is 2. The fourth-order valence-corrected chi connectivity index (χ4v) is 5.79. The Labute approximate surface area is 213 Å². The molecule has 1 fully saturated rings. The van der Waals surface area contributed by atoms with Gasteiger partial charge in [-0.15, -0.1) is 12.4 Å². The number of pyridine rings is 1. The van der Waals surface area contributed by atoms with E-state index in [0.29, 0.717) is 42.8 Å². The Morgan fingerprint density at radius 1 is 1.17 bits per heavy atom. The number of carbonyl (C=O) groups excluding carboxylic acids is 1. The number of hydrogen-bond donors (Lipinski definition) is 1. The Bertz CT molecular complexity index is 1080. The van der Waals surface area contributed by atoms with Gasteiger partial charge in [0.1, 0.15) is 12.4 Å². The molecule has 0 unspecified atom stereocenters. The molecule has 0 aliphatic carbocycles. The number of piperidine rings is 1. The number of carbonyl (C=O) groups is 1. The topological polar surface area (TPSA) is 109 Å². The van der Waals surface area contributed by atoms with Crippen LogP contribution in [0.3, 0.4) is 0 Å². The third kappa shape index (κ3) is 6.71. The Morgan fingerprint density at radius 2 is 1.74 bits per heavy atom. The Morgan fingerprint density at radius 3 is 2.29 bits per heavy atom. The highest BCUT2D eigenvalue weighted by Gasteiger charge is 2.35. The summed E-state index contributed by atoms with van der Waals surface area (Å²) in [6.45, 7) is 4.38. The molecule has 0 atom stereocenters. The Hall–Kier alpha value is -2.24. The van der Waals surface area contributed by atoms with Gasteiger partial charge in [0.2, 0.25) is 15.9 Å². The molecular formula is C24H34ClN3O6S. The van der Waals surface area contributed by atoms with Crippen LogP contribution in [0, 0.1) is 13.8 Å². The SMILES string of the molecule is COc1cc(C)c(S(=O)(=O)N(C)CCOCC(=O)N2CCC(O)(c3ccncc3)CC2)c(C)c1.Cl. The van der Waals surface area contributed by atoms with Gasteiger partial charge in [-0.3, -0.25) is 9.78 Å². The zero-order valence-corrected chi connectivity index (χ0v) is 22.2. The number of halogens is 1. The first kappa shape index (κ1) is 29.0. The summed E-state index contributed by atoms with van der Waals surface area (Å²) >= 11 is 0. The fourth-order valence-electron chi connectivity index (χ4n) is 4.23. The number of aromatic nitrogens is 1. The molecular weight excluding hydrogens is 494 g/mol. The van der Waals surface area contributed by atoms with Gasteiger partial charge in [0.15, 0.2) is 0 Å². The number of benzene rings is 1. The minimum Gasteiger partial charge on any atom is -0.497 e. The molecule has 0 radical (unpaired) electrons. The Kier molecular flexibility index (Phi) is 10.1. The number of methoxy groups -OCH3 is 1. The van der Waals surface area contributed by atoms with Crippen LogP contribution in [-0.2, 0) is 25.2 Å². The number of amides is 1. The highest BCUT2D eigenvalue weighted by Crippen LogP contribution is 2.32. The summed E-state index contributed by atoms with van der Waals surface area (Å²) in [6, 6.07) is 6.97. The largest absolute Gasteiger partial charge is 0.497 e. The van der Waals surface area contributed by atoms with Gasteiger partial charge in [-0.05, 0) is 67.6 Å². The maximum absolute atomic E-state index is 13.1. The first-order chi connectivity index (χ1) is 16.1. The van der Waals surface area contributed by atoms with Crippen molar-refractivity contribution in [3.8, 4) is 5.75 Å². The van der Waals surface area contributed by atoms with Crippen molar-refractivity contribution in [1.82, 2.24) is 14.2 Å². The molecule has 0 saturated carbocycles. The average Bonchev–Trinajstić information content (AvgIpc) is 2.81. The van der Waals surface area contributed by atoms with Crippen molar-refractivity contribution in [2.45, 2.75) is 37.2 Å². The van der Waals surface area contributed by atoms with Crippen molar-refractivity contribution in [2.75, 3.05) is 47.0 Å². The number of sulfonamides is 1. The van der Waals surface area contributed by atoms with E-state index in [-0.39, 0.29) is 43.0 Å². The summed E-state index contributed by atoms with van der Waals surface area (Å²) < 4.78 is 38.0. The van der Waals surface area contributed by atoms with E-state index in [9.17, 15) is 18.3 Å². The van der Waals surface area contributed by atoms with Crippen molar-refractivity contribution in [3.63, 3.8) is 0 Å². The van der Waals surface area contributed by atoms with Gasteiger partial charge in [-0.25, -0.2) is 8.42 Å². The molecule has 1 saturated heterocycles. The first-order valence-corrected chi connectivity index (χ1v) is 12.6. The maximum atomic E-state index is 13.1. The van der Waals surface area contributed by atoms with Crippen molar-refractivity contribution in [3.05, 3.63) is 53.3 Å². The minimum absolute atomic E-state index is 0. The highest BCUT2D eigenvalue weighted by molar-refractivity contribution is 7.89. The minimum atomic E-state index is -3.72. The second-order valence-electron chi connectivity index (χ2n) is 8.62. The van der Waals surface area contributed by atoms with E-state index in [2.05, 4.69) is 4.98 Å². The van der Waals surface area contributed by atoms with Gasteiger partial charge in [-0.1, -0.05) is 0 Å². The van der Waals surface area contributed by atoms with E-state index < -0.39 is 15.6 Å². The smallest absolute Gasteiger partial charge is 0.248 e. The molecule has 1 N–H and O–H groups in total. The average molecular weight is 528 g/mol. The van der Waals surface area contributed by atoms with E-state index in [4.69, 9.17) is 9.47 Å². The lowest BCUT2D eigenvalue weighted by Gasteiger charge is -2.38. The van der Waals surface area contributed by atoms with Crippen LogP contribution in [0.2, 0.25) is 0 Å². The summed E-state index contributed by atoms with van der Waals surface area (Å²) in [5.41, 5.74) is 1.06. The lowest BCUT2D eigenvalue weighted by atomic mass is 9.85. The van der Waals surface area contributed by atoms with Crippen LogP contribution in [0.5, 0.6) is 5.75 Å². The zero-order chi connectivity index (χ0) is 24.9. The fraction of sp³-hybridized carbons (Fsp3) is 0.500. The lowest BCUT2D eigenvalue weighted by molar-refractivity contribution is -0.140. The molecule has 2 heterocycles. The third-order valence-electron chi connectivity index (χ3n) is 6.27. The van der Waals surface area contributed by atoms with Crippen molar-refractivity contribution in [1.29, 1.82) is 0 Å². The molecule has 35 heavy (non-hydrogen) atoms. The number of rotatable bonds is 9. The number of likely N-dealkylation sites (N-methyl/N-ethyl adjacent to an activating group) is 1. The van der Waals surface area contributed by atoms with Crippen LogP contribution < -0.4 is 4.74 Å². The standard InChI is InChI=1S/C24H33N3O6S.ClH/c1-18-15-21(32-4)16-19(2)23(18)34(30,31)26(3)13-14-33-17-22(28)27-11-7-24(29,8-12-27)20-5-9-25-10-6-20;/h5-6,9-10,15-16,29H,7-8,11-14,17H2,1-4H3;1H. The molecule has 9 nitrogen and oxygen atoms in total. The molecule has 1 aliphatic heterocycles. The van der Waals surface area contributed by atoms with Crippen molar-refractivity contribution in [2.24, 2.45) is 0 Å². The normalized spacial score (nSPS) is 15.5. The van der Waals surface area contributed by atoms with Gasteiger partial charge < -0.3 is 19.5 Å². The molecule has 1 aliphatic rings. The summed E-state index contributed by atoms with van der Waals surface area (Å²) in [4.78, 5) is 18.4. The number of hydrogen-bond acceptors (Lipinski definition) is 7. The molecule has 194 valence electrons. The molecule has 1 amide bonds. The molecule has 0 bridgehead atoms. The van der Waals surface area contributed by atoms with E-state index in [1.54, 1.807) is 55.4 Å². The second-order valence-corrected chi connectivity index (χ2v) is 10.6. The van der Waals surface area contributed by atoms with Crippen LogP contribution in [0.15, 0.2) is 41.6 Å². The van der Waals surface area contributed by atoms with E-state index in [0.717, 1.165) is 5.56 Å². The number of nitrogens with zero attached hydrogens (tertiary/aromatic N) is 3. The van der Waals surface area contributed by atoms with Crippen LogP contribution in [-0.4, -0.2) is 80.6 Å². The third-order valence-corrected chi connectivity index (χ3v) is 8.44. The second kappa shape index (κ2) is 12.1. The summed E-state index contributed by atoms with van der Waals surface area (Å²) in [5.74, 6) is 0.430. The molecule has 2 aromatic rings. The summed E-state index contributed by atoms with van der Waals surface area (Å²) in [6.07, 6.45) is 4.16. The first-order valence-electron chi connectivity index (χ1n) is 11.2. The van der Waals surface area contributed by atoms with Gasteiger partial charge in [0, 0.05) is 39.1 Å². The summed E-state index contributed by atoms with van der Waals surface area (Å²) in [7, 11) is -0.681. The van der Waals surface area contributed by atoms with Crippen molar-refractivity contribution < 1.29 is 27.8 Å². The zero-order valence-electron chi connectivity index (χ0n) is 20.6. The predicted molar refractivity (Wildman–Crippen MR) is 134 cm³/mol. The van der Waals surface area contributed by atoms with Crippen LogP contribution in [0.4, 0.5) is 0 Å². The van der Waals surface area contributed by atoms with E-state index in [1.807, 2.05) is 0 Å². The predicted octanol–water partition coefficient (Wildman–Crippen LogP) is 2.28. The lowest BCUT2D eigenvalue weighted by Crippen LogP contribution is -2.46. The number of aliphatic hydroxyl groups is 1. The van der Waals surface area contributed by atoms with E-state index >= 15 is 0 Å². The quantitative estimate of drug-likeness (QED) is 0.498. The van der Waals surface area contributed by atoms with Crippen LogP contribution in [0.25, 0.3) is 0 Å². The maximum Gasteiger partial charge on any atom is 0.248 e. The molecule has 3 rings (SSSR count). The monoisotopic (exact) mass is 527 g/mol. The summed E-state index contributed by atoms with van der Waals surface area (Å²) in [5, 5.41) is 10.9. The number of likely N-dealkylation sites (tertiary alicyclic amines) is 1.